The summed E-state index contributed by atoms with van der Waals surface area (Å²) in [5.74, 6) is -2.97. The third-order valence-electron chi connectivity index (χ3n) is 5.89. The van der Waals surface area contributed by atoms with Crippen LogP contribution < -0.4 is 15.1 Å². The SMILES string of the molecule is CNC(=O)c1ccc(N2C(S)N(c3cnc(C#N)c(C(F)(F)F)c3)C(=O)C23CCC3=O)cc1F. The lowest BCUT2D eigenvalue weighted by atomic mass is 9.73. The zero-order valence-electron chi connectivity index (χ0n) is 17.4. The van der Waals surface area contributed by atoms with Crippen molar-refractivity contribution in [2.45, 2.75) is 30.1 Å². The molecule has 34 heavy (non-hydrogen) atoms. The van der Waals surface area contributed by atoms with Gasteiger partial charge < -0.3 is 10.2 Å². The van der Waals surface area contributed by atoms with Crippen molar-refractivity contribution in [1.82, 2.24) is 10.3 Å². The van der Waals surface area contributed by atoms with Crippen LogP contribution in [0.5, 0.6) is 0 Å². The minimum absolute atomic E-state index is 0.0340. The van der Waals surface area contributed by atoms with Crippen molar-refractivity contribution in [3.8, 4) is 6.07 Å². The van der Waals surface area contributed by atoms with E-state index in [1.807, 2.05) is 0 Å². The summed E-state index contributed by atoms with van der Waals surface area (Å²) in [7, 11) is 1.32. The summed E-state index contributed by atoms with van der Waals surface area (Å²) in [5, 5.41) is 11.3. The van der Waals surface area contributed by atoms with Gasteiger partial charge in [-0.15, -0.1) is 12.6 Å². The molecule has 4 rings (SSSR count). The first kappa shape index (κ1) is 23.5. The van der Waals surface area contributed by atoms with Crippen LogP contribution in [0.4, 0.5) is 28.9 Å². The van der Waals surface area contributed by atoms with Crippen LogP contribution in [0.25, 0.3) is 0 Å². The van der Waals surface area contributed by atoms with Gasteiger partial charge in [-0.2, -0.15) is 18.4 Å². The minimum Gasteiger partial charge on any atom is -0.355 e. The fourth-order valence-electron chi connectivity index (χ4n) is 4.13. The first-order chi connectivity index (χ1) is 16.0. The Morgan fingerprint density at radius 1 is 1.29 bits per heavy atom. The Balaban J connectivity index is 1.84. The summed E-state index contributed by atoms with van der Waals surface area (Å²) in [4.78, 5) is 43.5. The van der Waals surface area contributed by atoms with Crippen molar-refractivity contribution >= 4 is 41.6 Å². The molecule has 1 N–H and O–H groups in total. The molecule has 2 heterocycles. The van der Waals surface area contributed by atoms with E-state index in [2.05, 4.69) is 22.9 Å². The normalized spacial score (nSPS) is 22.1. The van der Waals surface area contributed by atoms with Crippen LogP contribution in [0.3, 0.4) is 0 Å². The molecule has 2 fully saturated rings. The molecule has 1 saturated heterocycles. The van der Waals surface area contributed by atoms with E-state index in [0.717, 1.165) is 17.2 Å². The maximum atomic E-state index is 14.7. The van der Waals surface area contributed by atoms with Gasteiger partial charge in [0.25, 0.3) is 11.8 Å². The van der Waals surface area contributed by atoms with Gasteiger partial charge in [-0.25, -0.2) is 9.37 Å². The predicted octanol–water partition coefficient (Wildman–Crippen LogP) is 2.64. The number of nitriles is 1. The van der Waals surface area contributed by atoms with Gasteiger partial charge in [0.1, 0.15) is 11.9 Å². The lowest BCUT2D eigenvalue weighted by Gasteiger charge is -2.42. The molecular weight excluding hydrogens is 478 g/mol. The third-order valence-corrected chi connectivity index (χ3v) is 6.35. The lowest BCUT2D eigenvalue weighted by Crippen LogP contribution is -2.63. The molecule has 176 valence electrons. The number of nitrogens with zero attached hydrogens (tertiary/aromatic N) is 4. The van der Waals surface area contributed by atoms with Crippen molar-refractivity contribution in [1.29, 1.82) is 5.26 Å². The van der Waals surface area contributed by atoms with Crippen LogP contribution in [-0.2, 0) is 15.8 Å². The number of hydrogen-bond donors (Lipinski definition) is 2. The Hall–Kier alpha value is -3.66. The molecule has 1 aliphatic carbocycles. The number of thiol groups is 1. The topological polar surface area (TPSA) is 106 Å². The smallest absolute Gasteiger partial charge is 0.355 e. The van der Waals surface area contributed by atoms with E-state index in [0.29, 0.717) is 6.07 Å². The van der Waals surface area contributed by atoms with Gasteiger partial charge in [0.2, 0.25) is 0 Å². The number of carbonyl (C=O) groups excluding carboxylic acids is 3. The number of carbonyl (C=O) groups is 3. The van der Waals surface area contributed by atoms with E-state index < -0.39 is 51.9 Å². The molecule has 8 nitrogen and oxygen atoms in total. The van der Waals surface area contributed by atoms with E-state index in [-0.39, 0.29) is 29.8 Å². The number of amides is 2. The highest BCUT2D eigenvalue weighted by Crippen LogP contribution is 2.48. The Labute approximate surface area is 195 Å². The summed E-state index contributed by atoms with van der Waals surface area (Å²) in [6.45, 7) is 0. The molecule has 1 aliphatic heterocycles. The largest absolute Gasteiger partial charge is 0.419 e. The van der Waals surface area contributed by atoms with Crippen molar-refractivity contribution in [3.05, 3.63) is 53.1 Å². The van der Waals surface area contributed by atoms with Crippen LogP contribution in [0.15, 0.2) is 30.5 Å². The van der Waals surface area contributed by atoms with Gasteiger partial charge in [0, 0.05) is 19.2 Å². The number of alkyl halides is 3. The second-order valence-corrected chi connectivity index (χ2v) is 8.08. The molecule has 1 aromatic heterocycles. The summed E-state index contributed by atoms with van der Waals surface area (Å²) in [6.07, 6.45) is -3.95. The Morgan fingerprint density at radius 3 is 2.50 bits per heavy atom. The van der Waals surface area contributed by atoms with E-state index in [1.165, 1.54) is 30.1 Å². The fraction of sp³-hybridized carbons (Fsp3) is 0.286. The highest BCUT2D eigenvalue weighted by atomic mass is 32.1. The van der Waals surface area contributed by atoms with Crippen molar-refractivity contribution in [3.63, 3.8) is 0 Å². The van der Waals surface area contributed by atoms with Crippen LogP contribution in [-0.4, -0.2) is 40.7 Å². The van der Waals surface area contributed by atoms with Gasteiger partial charge in [-0.3, -0.25) is 19.3 Å². The van der Waals surface area contributed by atoms with E-state index in [1.54, 1.807) is 0 Å². The number of benzene rings is 1. The molecule has 2 amide bonds. The number of nitrogens with one attached hydrogen (secondary N) is 1. The first-order valence-corrected chi connectivity index (χ1v) is 10.3. The third kappa shape index (κ3) is 3.28. The summed E-state index contributed by atoms with van der Waals surface area (Å²) in [6, 6.07) is 5.38. The molecule has 2 aliphatic rings. The number of pyridine rings is 1. The highest BCUT2D eigenvalue weighted by Gasteiger charge is 2.66. The van der Waals surface area contributed by atoms with Crippen LogP contribution in [0, 0.1) is 17.1 Å². The van der Waals surface area contributed by atoms with Gasteiger partial charge in [0.15, 0.2) is 22.5 Å². The number of rotatable bonds is 3. The number of aromatic nitrogens is 1. The van der Waals surface area contributed by atoms with Gasteiger partial charge in [0.05, 0.1) is 23.0 Å². The number of hydrogen-bond acceptors (Lipinski definition) is 7. The molecule has 2 atom stereocenters. The van der Waals surface area contributed by atoms with E-state index in [9.17, 15) is 31.9 Å². The number of Topliss-reactive ketones (excluding diaryl/α,β-unsaturated/α-hetero) is 1. The van der Waals surface area contributed by atoms with Crippen LogP contribution >= 0.6 is 12.6 Å². The second-order valence-electron chi connectivity index (χ2n) is 7.62. The lowest BCUT2D eigenvalue weighted by molar-refractivity contribution is -0.140. The first-order valence-electron chi connectivity index (χ1n) is 9.80. The number of ketones is 1. The molecule has 1 saturated carbocycles. The van der Waals surface area contributed by atoms with Crippen molar-refractivity contribution in [2.24, 2.45) is 0 Å². The maximum Gasteiger partial charge on any atom is 0.419 e. The summed E-state index contributed by atoms with van der Waals surface area (Å²) >= 11 is 4.38. The van der Waals surface area contributed by atoms with Gasteiger partial charge in [-0.05, 0) is 30.7 Å². The second kappa shape index (κ2) is 7.98. The average molecular weight is 493 g/mol. The van der Waals surface area contributed by atoms with E-state index >= 15 is 0 Å². The summed E-state index contributed by atoms with van der Waals surface area (Å²) < 4.78 is 55.0. The van der Waals surface area contributed by atoms with Crippen LogP contribution in [0.2, 0.25) is 0 Å². The molecule has 2 unspecified atom stereocenters. The average Bonchev–Trinajstić information content (AvgIpc) is 3.04. The molecule has 1 aromatic carbocycles. The Kier molecular flexibility index (Phi) is 5.52. The zero-order chi connectivity index (χ0) is 25.0. The summed E-state index contributed by atoms with van der Waals surface area (Å²) in [5.41, 5.74) is -5.90. The van der Waals surface area contributed by atoms with E-state index in [4.69, 9.17) is 5.26 Å². The standard InChI is InChI=1S/C21H15F4N5O3S/c1-27-17(32)12-3-2-10(7-14(12)22)30-19(34)29(18(33)20(30)5-4-16(20)31)11-6-13(21(23,24)25)15(8-26)28-9-11/h2-3,6-7,9,19,34H,4-5H2,1H3,(H,27,32). The Bertz CT molecular complexity index is 1280. The molecule has 0 radical (unpaired) electrons. The van der Waals surface area contributed by atoms with Gasteiger partial charge >= 0.3 is 6.18 Å². The molecule has 1 spiro atoms. The fourth-order valence-corrected chi connectivity index (χ4v) is 4.70. The van der Waals surface area contributed by atoms with Crippen molar-refractivity contribution < 1.29 is 31.9 Å². The monoisotopic (exact) mass is 493 g/mol. The molecular formula is C21H15F4N5O3S. The van der Waals surface area contributed by atoms with Gasteiger partial charge in [-0.1, -0.05) is 0 Å². The van der Waals surface area contributed by atoms with Crippen molar-refractivity contribution in [2.75, 3.05) is 16.8 Å². The molecule has 0 bridgehead atoms. The molecule has 13 heteroatoms. The minimum atomic E-state index is -4.93. The van der Waals surface area contributed by atoms with Crippen LogP contribution in [0.1, 0.15) is 34.5 Å². The number of anilines is 2. The highest BCUT2D eigenvalue weighted by molar-refractivity contribution is 7.81. The Morgan fingerprint density at radius 2 is 2.00 bits per heavy atom. The number of halogens is 4. The predicted molar refractivity (Wildman–Crippen MR) is 113 cm³/mol. The molecule has 2 aromatic rings. The quantitative estimate of drug-likeness (QED) is 0.387. The zero-order valence-corrected chi connectivity index (χ0v) is 18.2. The maximum absolute atomic E-state index is 14.7.